The summed E-state index contributed by atoms with van der Waals surface area (Å²) in [7, 11) is 0. The van der Waals surface area contributed by atoms with Crippen LogP contribution in [0, 0.1) is 0 Å². The molecule has 0 atom stereocenters. The maximum Gasteiger partial charge on any atom is 0.132 e. The van der Waals surface area contributed by atoms with Gasteiger partial charge in [0.05, 0.1) is 11.1 Å². The number of ether oxygens (including phenoxy) is 1. The molecule has 0 bridgehead atoms. The van der Waals surface area contributed by atoms with Crippen LogP contribution in [0.25, 0.3) is 53.2 Å². The molecule has 0 saturated carbocycles. The number of nitrogens with zero attached hydrogens (tertiary/aromatic N) is 1. The quantitative estimate of drug-likeness (QED) is 0.179. The molecule has 1 spiro atoms. The van der Waals surface area contributed by atoms with Gasteiger partial charge in [-0.3, -0.25) is 0 Å². The Balaban J connectivity index is 1.18. The van der Waals surface area contributed by atoms with Gasteiger partial charge in [0.15, 0.2) is 0 Å². The molecule has 1 aliphatic carbocycles. The second kappa shape index (κ2) is 12.0. The van der Waals surface area contributed by atoms with E-state index in [0.29, 0.717) is 0 Å². The molecule has 1 aromatic heterocycles. The van der Waals surface area contributed by atoms with Gasteiger partial charge >= 0.3 is 0 Å². The zero-order valence-corrected chi connectivity index (χ0v) is 31.1. The van der Waals surface area contributed by atoms with E-state index in [1.165, 1.54) is 64.3 Å². The van der Waals surface area contributed by atoms with Gasteiger partial charge in [0.25, 0.3) is 0 Å². The Kier molecular flexibility index (Phi) is 6.75. The second-order valence-corrected chi connectivity index (χ2v) is 15.9. The monoisotopic (exact) mass is 731 g/mol. The first-order chi connectivity index (χ1) is 27.8. The van der Waals surface area contributed by atoms with Crippen LogP contribution in [0.3, 0.4) is 0 Å². The highest BCUT2D eigenvalue weighted by Gasteiger charge is 2.51. The number of hydrogen-bond donors (Lipinski definition) is 0. The van der Waals surface area contributed by atoms with Crippen LogP contribution in [-0.4, -0.2) is 0 Å². The molecule has 0 amide bonds. The summed E-state index contributed by atoms with van der Waals surface area (Å²) < 4.78 is 9.31. The van der Waals surface area contributed by atoms with Crippen molar-refractivity contribution in [1.29, 1.82) is 0 Å². The van der Waals surface area contributed by atoms with Crippen molar-refractivity contribution < 1.29 is 4.74 Å². The van der Waals surface area contributed by atoms with Crippen LogP contribution in [0.1, 0.15) is 22.3 Å². The predicted molar refractivity (Wildman–Crippen MR) is 234 cm³/mol. The normalized spacial score (nSPS) is 13.3. The number of para-hydroxylation sites is 3. The van der Waals surface area contributed by atoms with Crippen molar-refractivity contribution in [2.45, 2.75) is 5.41 Å². The van der Waals surface area contributed by atoms with Gasteiger partial charge in [-0.05, 0) is 105 Å². The van der Waals surface area contributed by atoms with E-state index in [-0.39, 0.29) is 0 Å². The standard InChI is InChI=1S/C53H33NOS/c1-2-14-34(15-3-1)39-18-6-10-22-48(39)54(37-27-29-52-43(32-37)41-19-7-13-25-51(41)56-52)38-26-28-40-42-30-35-16-4-5-17-36(35)31-46(42)53(47(40)33-38)44-20-8-11-23-49(44)55-50-24-12-9-21-45(50)53/h1-33H. The summed E-state index contributed by atoms with van der Waals surface area (Å²) in [6.45, 7) is 0. The van der Waals surface area contributed by atoms with Gasteiger partial charge in [-0.1, -0.05) is 133 Å². The third-order valence-corrected chi connectivity index (χ3v) is 13.0. The maximum absolute atomic E-state index is 6.72. The smallest absolute Gasteiger partial charge is 0.132 e. The molecule has 10 aromatic rings. The molecule has 0 unspecified atom stereocenters. The van der Waals surface area contributed by atoms with Crippen LogP contribution in [0.4, 0.5) is 17.1 Å². The molecule has 0 fully saturated rings. The van der Waals surface area contributed by atoms with Gasteiger partial charge < -0.3 is 9.64 Å². The summed E-state index contributed by atoms with van der Waals surface area (Å²) in [5.74, 6) is 1.79. The molecule has 1 aliphatic heterocycles. The van der Waals surface area contributed by atoms with Crippen molar-refractivity contribution in [2.24, 2.45) is 0 Å². The summed E-state index contributed by atoms with van der Waals surface area (Å²) in [6, 6.07) is 73.3. The van der Waals surface area contributed by atoms with Crippen molar-refractivity contribution in [3.8, 4) is 33.8 Å². The predicted octanol–water partition coefficient (Wildman–Crippen LogP) is 14.8. The van der Waals surface area contributed by atoms with Gasteiger partial charge in [-0.15, -0.1) is 11.3 Å². The first-order valence-corrected chi connectivity index (χ1v) is 20.0. The first-order valence-electron chi connectivity index (χ1n) is 19.2. The van der Waals surface area contributed by atoms with Crippen LogP contribution < -0.4 is 9.64 Å². The molecule has 56 heavy (non-hydrogen) atoms. The highest BCUT2D eigenvalue weighted by Crippen LogP contribution is 2.63. The molecule has 2 heterocycles. The van der Waals surface area contributed by atoms with E-state index < -0.39 is 5.41 Å². The Hall–Kier alpha value is -6.94. The highest BCUT2D eigenvalue weighted by atomic mass is 32.1. The lowest BCUT2D eigenvalue weighted by atomic mass is 9.66. The molecule has 0 N–H and O–H groups in total. The van der Waals surface area contributed by atoms with Gasteiger partial charge in [0.2, 0.25) is 0 Å². The number of anilines is 3. The zero-order valence-electron chi connectivity index (χ0n) is 30.3. The maximum atomic E-state index is 6.72. The largest absolute Gasteiger partial charge is 0.457 e. The Morgan fingerprint density at radius 2 is 1.00 bits per heavy atom. The lowest BCUT2D eigenvalue weighted by molar-refractivity contribution is 0.436. The summed E-state index contributed by atoms with van der Waals surface area (Å²) in [5.41, 5.74) is 12.5. The Morgan fingerprint density at radius 3 is 1.82 bits per heavy atom. The number of benzene rings is 9. The topological polar surface area (TPSA) is 12.5 Å². The van der Waals surface area contributed by atoms with E-state index in [2.05, 4.69) is 205 Å². The summed E-state index contributed by atoms with van der Waals surface area (Å²) >= 11 is 1.85. The van der Waals surface area contributed by atoms with Crippen molar-refractivity contribution >= 4 is 59.3 Å². The third kappa shape index (κ3) is 4.43. The minimum Gasteiger partial charge on any atom is -0.457 e. The van der Waals surface area contributed by atoms with Crippen LogP contribution in [0.15, 0.2) is 200 Å². The molecule has 0 saturated heterocycles. The van der Waals surface area contributed by atoms with Gasteiger partial charge in [0, 0.05) is 48.2 Å². The van der Waals surface area contributed by atoms with Crippen molar-refractivity contribution in [3.05, 3.63) is 222 Å². The minimum atomic E-state index is -0.603. The average Bonchev–Trinajstić information content (AvgIpc) is 3.76. The van der Waals surface area contributed by atoms with Crippen LogP contribution in [0.2, 0.25) is 0 Å². The van der Waals surface area contributed by atoms with Gasteiger partial charge in [-0.2, -0.15) is 0 Å². The molecule has 2 nitrogen and oxygen atoms in total. The summed E-state index contributed by atoms with van der Waals surface area (Å²) in [4.78, 5) is 2.47. The molecule has 262 valence electrons. The lowest BCUT2D eigenvalue weighted by Gasteiger charge is -2.40. The average molecular weight is 732 g/mol. The van der Waals surface area contributed by atoms with E-state index in [9.17, 15) is 0 Å². The highest BCUT2D eigenvalue weighted by molar-refractivity contribution is 7.25. The fourth-order valence-corrected chi connectivity index (χ4v) is 10.6. The molecule has 0 radical (unpaired) electrons. The van der Waals surface area contributed by atoms with Crippen molar-refractivity contribution in [1.82, 2.24) is 0 Å². The van der Waals surface area contributed by atoms with Gasteiger partial charge in [0.1, 0.15) is 11.5 Å². The fourth-order valence-electron chi connectivity index (χ4n) is 9.52. The molecule has 12 rings (SSSR count). The van der Waals surface area contributed by atoms with E-state index in [1.807, 2.05) is 11.3 Å². The number of fused-ring (bicyclic) bond motifs is 13. The van der Waals surface area contributed by atoms with E-state index in [0.717, 1.165) is 39.7 Å². The Labute approximate surface area is 329 Å². The number of thiophene rings is 1. The molecular formula is C53H33NOS. The van der Waals surface area contributed by atoms with E-state index in [4.69, 9.17) is 4.74 Å². The molecule has 9 aromatic carbocycles. The zero-order chi connectivity index (χ0) is 36.8. The molecule has 3 heteroatoms. The second-order valence-electron chi connectivity index (χ2n) is 14.8. The lowest BCUT2D eigenvalue weighted by Crippen LogP contribution is -2.32. The molecular weight excluding hydrogens is 699 g/mol. The van der Waals surface area contributed by atoms with Crippen molar-refractivity contribution in [2.75, 3.05) is 4.90 Å². The minimum absolute atomic E-state index is 0.603. The van der Waals surface area contributed by atoms with E-state index >= 15 is 0 Å². The van der Waals surface area contributed by atoms with E-state index in [1.54, 1.807) is 0 Å². The fraction of sp³-hybridized carbons (Fsp3) is 0.0189. The van der Waals surface area contributed by atoms with Gasteiger partial charge in [-0.25, -0.2) is 0 Å². The third-order valence-electron chi connectivity index (χ3n) is 11.9. The van der Waals surface area contributed by atoms with Crippen molar-refractivity contribution in [3.63, 3.8) is 0 Å². The SMILES string of the molecule is c1ccc(-c2ccccc2N(c2ccc3c(c2)C2(c4ccccc4Oc4ccccc42)c2cc4ccccc4cc2-3)c2ccc3sc4ccccc4c3c2)cc1. The summed E-state index contributed by atoms with van der Waals surface area (Å²) in [5, 5.41) is 5.03. The van der Waals surface area contributed by atoms with Crippen LogP contribution in [0.5, 0.6) is 11.5 Å². The Bertz CT molecular complexity index is 3150. The first kappa shape index (κ1) is 31.4. The number of rotatable bonds is 4. The van der Waals surface area contributed by atoms with Crippen LogP contribution >= 0.6 is 11.3 Å². The number of hydrogen-bond acceptors (Lipinski definition) is 3. The molecule has 2 aliphatic rings. The summed E-state index contributed by atoms with van der Waals surface area (Å²) in [6.07, 6.45) is 0. The van der Waals surface area contributed by atoms with Crippen LogP contribution in [-0.2, 0) is 5.41 Å². The Morgan fingerprint density at radius 1 is 0.393 bits per heavy atom.